The van der Waals surface area contributed by atoms with Crippen molar-refractivity contribution in [3.63, 3.8) is 0 Å². The van der Waals surface area contributed by atoms with Crippen LogP contribution in [0.5, 0.6) is 5.75 Å². The third-order valence-electron chi connectivity index (χ3n) is 3.00. The van der Waals surface area contributed by atoms with E-state index in [9.17, 15) is 8.42 Å². The van der Waals surface area contributed by atoms with Crippen LogP contribution in [0.1, 0.15) is 30.9 Å². The Balaban J connectivity index is 2.26. The second kappa shape index (κ2) is 5.98. The molecular weight excluding hydrogens is 286 g/mol. The Bertz CT molecular complexity index is 772. The Morgan fingerprint density at radius 1 is 1.10 bits per heavy atom. The van der Waals surface area contributed by atoms with Gasteiger partial charge in [-0.15, -0.1) is 0 Å². The molecule has 0 N–H and O–H groups in total. The predicted octanol–water partition coefficient (Wildman–Crippen LogP) is 3.45. The molecule has 0 bridgehead atoms. The van der Waals surface area contributed by atoms with Gasteiger partial charge in [-0.25, -0.2) is 0 Å². The zero-order valence-corrected chi connectivity index (χ0v) is 12.6. The molecule has 0 atom stereocenters. The molecule has 2 rings (SSSR count). The highest BCUT2D eigenvalue weighted by Gasteiger charge is 2.17. The maximum atomic E-state index is 12.2. The van der Waals surface area contributed by atoms with Crippen molar-refractivity contribution in [2.45, 2.75) is 24.7 Å². The van der Waals surface area contributed by atoms with Crippen LogP contribution in [0.25, 0.3) is 0 Å². The molecule has 2 aromatic carbocycles. The van der Waals surface area contributed by atoms with Gasteiger partial charge in [0, 0.05) is 0 Å². The molecule has 0 spiro atoms. The topological polar surface area (TPSA) is 67.2 Å². The first kappa shape index (κ1) is 15.1. The van der Waals surface area contributed by atoms with Crippen molar-refractivity contribution in [3.8, 4) is 11.8 Å². The minimum absolute atomic E-state index is 0.0329. The molecule has 2 aromatic rings. The Labute approximate surface area is 124 Å². The van der Waals surface area contributed by atoms with E-state index in [-0.39, 0.29) is 16.2 Å². The smallest absolute Gasteiger partial charge is 0.339 e. The van der Waals surface area contributed by atoms with Crippen molar-refractivity contribution in [3.05, 3.63) is 59.7 Å². The van der Waals surface area contributed by atoms with Gasteiger partial charge in [0.2, 0.25) is 0 Å². The van der Waals surface area contributed by atoms with Crippen molar-refractivity contribution in [1.82, 2.24) is 0 Å². The fourth-order valence-electron chi connectivity index (χ4n) is 1.80. The van der Waals surface area contributed by atoms with Crippen molar-refractivity contribution >= 4 is 10.1 Å². The zero-order valence-electron chi connectivity index (χ0n) is 11.8. The van der Waals surface area contributed by atoms with Crippen LogP contribution in [0.2, 0.25) is 0 Å². The molecule has 4 nitrogen and oxygen atoms in total. The molecule has 0 saturated carbocycles. The standard InChI is InChI=1S/C16H15NO3S/c1-12(2)14-6-8-15(9-7-14)20-21(18,19)16-5-3-4-13(10-16)11-17/h3-10,12H,1-2H3. The third kappa shape index (κ3) is 3.61. The largest absolute Gasteiger partial charge is 0.379 e. The van der Waals surface area contributed by atoms with Crippen LogP contribution in [0.4, 0.5) is 0 Å². The average Bonchev–Trinajstić information content (AvgIpc) is 2.47. The van der Waals surface area contributed by atoms with E-state index in [1.54, 1.807) is 12.1 Å². The van der Waals surface area contributed by atoms with Gasteiger partial charge in [0.1, 0.15) is 10.6 Å². The fraction of sp³-hybridized carbons (Fsp3) is 0.188. The van der Waals surface area contributed by atoms with E-state index in [2.05, 4.69) is 13.8 Å². The second-order valence-corrected chi connectivity index (χ2v) is 6.45. The summed E-state index contributed by atoms with van der Waals surface area (Å²) in [5.74, 6) is 0.615. The zero-order chi connectivity index (χ0) is 15.5. The highest BCUT2D eigenvalue weighted by atomic mass is 32.2. The lowest BCUT2D eigenvalue weighted by atomic mass is 10.0. The van der Waals surface area contributed by atoms with Crippen LogP contribution >= 0.6 is 0 Å². The minimum Gasteiger partial charge on any atom is -0.379 e. The molecule has 0 heterocycles. The molecule has 108 valence electrons. The molecule has 0 unspecified atom stereocenters. The van der Waals surface area contributed by atoms with Gasteiger partial charge < -0.3 is 4.18 Å². The molecule has 0 aromatic heterocycles. The highest BCUT2D eigenvalue weighted by Crippen LogP contribution is 2.22. The van der Waals surface area contributed by atoms with E-state index in [0.717, 1.165) is 5.56 Å². The molecule has 5 heteroatoms. The van der Waals surface area contributed by atoms with Crippen LogP contribution in [-0.4, -0.2) is 8.42 Å². The lowest BCUT2D eigenvalue weighted by Crippen LogP contribution is -2.10. The Hall–Kier alpha value is -2.32. The summed E-state index contributed by atoms with van der Waals surface area (Å²) in [5.41, 5.74) is 1.38. The summed E-state index contributed by atoms with van der Waals surface area (Å²) in [6.45, 7) is 4.11. The molecule has 0 aliphatic carbocycles. The Morgan fingerprint density at radius 3 is 2.33 bits per heavy atom. The lowest BCUT2D eigenvalue weighted by molar-refractivity contribution is 0.486. The van der Waals surface area contributed by atoms with E-state index >= 15 is 0 Å². The lowest BCUT2D eigenvalue weighted by Gasteiger charge is -2.09. The van der Waals surface area contributed by atoms with E-state index in [0.29, 0.717) is 5.92 Å². The van der Waals surface area contributed by atoms with Gasteiger partial charge in [0.25, 0.3) is 0 Å². The Morgan fingerprint density at radius 2 is 1.76 bits per heavy atom. The summed E-state index contributed by atoms with van der Waals surface area (Å²) >= 11 is 0. The van der Waals surface area contributed by atoms with E-state index in [1.165, 1.54) is 24.3 Å². The van der Waals surface area contributed by atoms with Gasteiger partial charge in [-0.05, 0) is 41.8 Å². The normalized spacial score (nSPS) is 11.1. The summed E-state index contributed by atoms with van der Waals surface area (Å²) in [5, 5.41) is 8.81. The number of rotatable bonds is 4. The van der Waals surface area contributed by atoms with Crippen LogP contribution in [0.15, 0.2) is 53.4 Å². The van der Waals surface area contributed by atoms with Crippen molar-refractivity contribution < 1.29 is 12.6 Å². The predicted molar refractivity (Wildman–Crippen MR) is 79.5 cm³/mol. The van der Waals surface area contributed by atoms with Gasteiger partial charge >= 0.3 is 10.1 Å². The molecule has 21 heavy (non-hydrogen) atoms. The maximum Gasteiger partial charge on any atom is 0.339 e. The number of hydrogen-bond donors (Lipinski definition) is 0. The first-order chi connectivity index (χ1) is 9.92. The molecule has 0 aliphatic heterocycles. The van der Waals surface area contributed by atoms with Gasteiger partial charge in [-0.2, -0.15) is 13.7 Å². The maximum absolute atomic E-state index is 12.2. The SMILES string of the molecule is CC(C)c1ccc(OS(=O)(=O)c2cccc(C#N)c2)cc1. The van der Waals surface area contributed by atoms with Crippen LogP contribution in [-0.2, 0) is 10.1 Å². The first-order valence-corrected chi connectivity index (χ1v) is 7.88. The highest BCUT2D eigenvalue weighted by molar-refractivity contribution is 7.87. The van der Waals surface area contributed by atoms with Gasteiger partial charge in [0.15, 0.2) is 0 Å². The number of nitrogens with zero attached hydrogens (tertiary/aromatic N) is 1. The van der Waals surface area contributed by atoms with Crippen LogP contribution < -0.4 is 4.18 Å². The summed E-state index contributed by atoms with van der Waals surface area (Å²) in [6.07, 6.45) is 0. The van der Waals surface area contributed by atoms with Crippen LogP contribution in [0, 0.1) is 11.3 Å². The second-order valence-electron chi connectivity index (χ2n) is 4.90. The fourth-order valence-corrected chi connectivity index (χ4v) is 2.78. The van der Waals surface area contributed by atoms with Gasteiger partial charge in [0.05, 0.1) is 11.6 Å². The molecular formula is C16H15NO3S. The Kier molecular flexibility index (Phi) is 4.29. The quantitative estimate of drug-likeness (QED) is 0.811. The summed E-state index contributed by atoms with van der Waals surface area (Å²) in [4.78, 5) is -0.0329. The van der Waals surface area contributed by atoms with Crippen molar-refractivity contribution in [2.24, 2.45) is 0 Å². The van der Waals surface area contributed by atoms with E-state index < -0.39 is 10.1 Å². The van der Waals surface area contributed by atoms with E-state index in [1.807, 2.05) is 18.2 Å². The molecule has 0 aliphatic rings. The van der Waals surface area contributed by atoms with Gasteiger partial charge in [-0.1, -0.05) is 32.0 Å². The minimum atomic E-state index is -3.93. The van der Waals surface area contributed by atoms with Crippen LogP contribution in [0.3, 0.4) is 0 Å². The summed E-state index contributed by atoms with van der Waals surface area (Å²) in [6, 6.07) is 14.6. The molecule has 0 fully saturated rings. The monoisotopic (exact) mass is 301 g/mol. The molecule has 0 radical (unpaired) electrons. The van der Waals surface area contributed by atoms with Gasteiger partial charge in [-0.3, -0.25) is 0 Å². The first-order valence-electron chi connectivity index (χ1n) is 6.47. The number of benzene rings is 2. The van der Waals surface area contributed by atoms with Crippen molar-refractivity contribution in [2.75, 3.05) is 0 Å². The summed E-state index contributed by atoms with van der Waals surface area (Å²) < 4.78 is 29.4. The van der Waals surface area contributed by atoms with Crippen molar-refractivity contribution in [1.29, 1.82) is 5.26 Å². The van der Waals surface area contributed by atoms with E-state index in [4.69, 9.17) is 9.44 Å². The molecule has 0 saturated heterocycles. The average molecular weight is 301 g/mol. The molecule has 0 amide bonds. The number of nitriles is 1. The summed E-state index contributed by atoms with van der Waals surface area (Å²) in [7, 11) is -3.93. The third-order valence-corrected chi connectivity index (χ3v) is 4.25. The number of hydrogen-bond acceptors (Lipinski definition) is 4.